The van der Waals surface area contributed by atoms with Crippen LogP contribution in [0.4, 0.5) is 0 Å². The number of nitrogens with zero attached hydrogens (tertiary/aromatic N) is 1. The summed E-state index contributed by atoms with van der Waals surface area (Å²) in [4.78, 5) is 13.1. The van der Waals surface area contributed by atoms with Crippen molar-refractivity contribution < 1.29 is 14.6 Å². The summed E-state index contributed by atoms with van der Waals surface area (Å²) in [7, 11) is 1.83. The zero-order valence-corrected chi connectivity index (χ0v) is 12.3. The third kappa shape index (κ3) is 3.47. The van der Waals surface area contributed by atoms with Crippen LogP contribution in [0, 0.1) is 0 Å². The van der Waals surface area contributed by atoms with Crippen LogP contribution in [0.3, 0.4) is 0 Å². The number of hydrogen-bond donors (Lipinski definition) is 1. The van der Waals surface area contributed by atoms with E-state index in [1.165, 1.54) is 0 Å². The Bertz CT molecular complexity index is 426. The van der Waals surface area contributed by atoms with Crippen LogP contribution in [0.25, 0.3) is 0 Å². The third-order valence-corrected chi connectivity index (χ3v) is 3.66. The Morgan fingerprint density at radius 3 is 2.32 bits per heavy atom. The molecule has 4 heteroatoms. The molecule has 0 amide bonds. The number of carboxylic acid groups (broad SMARTS) is 1. The highest BCUT2D eigenvalue weighted by Gasteiger charge is 2.35. The van der Waals surface area contributed by atoms with Crippen LogP contribution in [0.5, 0.6) is 5.75 Å². The third-order valence-electron chi connectivity index (χ3n) is 3.66. The lowest BCUT2D eigenvalue weighted by molar-refractivity contribution is -0.149. The molecule has 0 spiro atoms. The van der Waals surface area contributed by atoms with Crippen molar-refractivity contribution in [2.45, 2.75) is 39.3 Å². The van der Waals surface area contributed by atoms with E-state index in [9.17, 15) is 9.90 Å². The van der Waals surface area contributed by atoms with Gasteiger partial charge in [-0.05, 0) is 52.4 Å². The Hall–Kier alpha value is -1.55. The van der Waals surface area contributed by atoms with Crippen molar-refractivity contribution >= 4 is 5.97 Å². The Morgan fingerprint density at radius 1 is 1.37 bits per heavy atom. The molecule has 0 fully saturated rings. The van der Waals surface area contributed by atoms with E-state index in [0.29, 0.717) is 6.61 Å². The van der Waals surface area contributed by atoms with Gasteiger partial charge in [-0.3, -0.25) is 9.69 Å². The van der Waals surface area contributed by atoms with Crippen LogP contribution in [-0.4, -0.2) is 35.2 Å². The van der Waals surface area contributed by atoms with Gasteiger partial charge in [-0.25, -0.2) is 0 Å². The van der Waals surface area contributed by atoms with Crippen LogP contribution in [0.1, 0.15) is 39.3 Å². The maximum atomic E-state index is 11.3. The standard InChI is InChI=1S/C15H23NO3/c1-6-19-13-9-7-12(8-10-13)11(2)16(5)15(3,4)14(17)18/h7-11H,6H2,1-5H3,(H,17,18). The van der Waals surface area contributed by atoms with Gasteiger partial charge in [-0.15, -0.1) is 0 Å². The minimum absolute atomic E-state index is 0.0155. The number of carboxylic acids is 1. The summed E-state index contributed by atoms with van der Waals surface area (Å²) in [6, 6.07) is 7.80. The average Bonchev–Trinajstić information content (AvgIpc) is 2.38. The number of ether oxygens (including phenoxy) is 1. The topological polar surface area (TPSA) is 49.8 Å². The number of benzene rings is 1. The lowest BCUT2D eigenvalue weighted by Gasteiger charge is -2.36. The molecular formula is C15H23NO3. The van der Waals surface area contributed by atoms with E-state index < -0.39 is 11.5 Å². The van der Waals surface area contributed by atoms with Gasteiger partial charge in [0, 0.05) is 6.04 Å². The SMILES string of the molecule is CCOc1ccc(C(C)N(C)C(C)(C)C(=O)O)cc1. The molecule has 1 N–H and O–H groups in total. The fraction of sp³-hybridized carbons (Fsp3) is 0.533. The second-order valence-electron chi connectivity index (χ2n) is 5.15. The molecule has 0 radical (unpaired) electrons. The Morgan fingerprint density at radius 2 is 1.89 bits per heavy atom. The first-order valence-electron chi connectivity index (χ1n) is 6.49. The molecule has 1 aromatic rings. The van der Waals surface area contributed by atoms with Gasteiger partial charge in [-0.2, -0.15) is 0 Å². The first-order valence-corrected chi connectivity index (χ1v) is 6.49. The maximum absolute atomic E-state index is 11.3. The van der Waals surface area contributed by atoms with Gasteiger partial charge in [0.2, 0.25) is 0 Å². The second-order valence-corrected chi connectivity index (χ2v) is 5.15. The number of hydrogen-bond acceptors (Lipinski definition) is 3. The fourth-order valence-corrected chi connectivity index (χ4v) is 1.87. The number of likely N-dealkylation sites (N-methyl/N-ethyl adjacent to an activating group) is 1. The molecule has 1 rings (SSSR count). The monoisotopic (exact) mass is 265 g/mol. The van der Waals surface area contributed by atoms with Crippen LogP contribution in [0.2, 0.25) is 0 Å². The molecule has 1 aromatic carbocycles. The van der Waals surface area contributed by atoms with Crippen LogP contribution < -0.4 is 4.74 Å². The molecule has 0 aliphatic rings. The van der Waals surface area contributed by atoms with E-state index in [4.69, 9.17) is 4.74 Å². The van der Waals surface area contributed by atoms with Crippen molar-refractivity contribution in [2.75, 3.05) is 13.7 Å². The lowest BCUT2D eigenvalue weighted by atomic mass is 9.98. The van der Waals surface area contributed by atoms with Crippen molar-refractivity contribution in [2.24, 2.45) is 0 Å². The quantitative estimate of drug-likeness (QED) is 0.859. The van der Waals surface area contributed by atoms with Crippen molar-refractivity contribution in [3.8, 4) is 5.75 Å². The van der Waals surface area contributed by atoms with Gasteiger partial charge in [0.1, 0.15) is 11.3 Å². The zero-order chi connectivity index (χ0) is 14.6. The second kappa shape index (κ2) is 6.06. The predicted molar refractivity (Wildman–Crippen MR) is 75.5 cm³/mol. The van der Waals surface area contributed by atoms with E-state index >= 15 is 0 Å². The van der Waals surface area contributed by atoms with E-state index in [1.54, 1.807) is 13.8 Å². The smallest absolute Gasteiger partial charge is 0.323 e. The summed E-state index contributed by atoms with van der Waals surface area (Å²) in [5.74, 6) is 0.00591. The molecule has 0 aliphatic heterocycles. The summed E-state index contributed by atoms with van der Waals surface area (Å²) < 4.78 is 5.40. The van der Waals surface area contributed by atoms with Crippen molar-refractivity contribution in [3.05, 3.63) is 29.8 Å². The van der Waals surface area contributed by atoms with Gasteiger partial charge < -0.3 is 9.84 Å². The highest BCUT2D eigenvalue weighted by Crippen LogP contribution is 2.27. The molecular weight excluding hydrogens is 242 g/mol. The molecule has 0 aliphatic carbocycles. The molecule has 106 valence electrons. The van der Waals surface area contributed by atoms with E-state index in [-0.39, 0.29) is 6.04 Å². The molecule has 0 heterocycles. The van der Waals surface area contributed by atoms with Gasteiger partial charge in [-0.1, -0.05) is 12.1 Å². The van der Waals surface area contributed by atoms with Crippen molar-refractivity contribution in [3.63, 3.8) is 0 Å². The van der Waals surface area contributed by atoms with Gasteiger partial charge in [0.25, 0.3) is 0 Å². The molecule has 1 atom stereocenters. The Kier molecular flexibility index (Phi) is 4.95. The maximum Gasteiger partial charge on any atom is 0.323 e. The number of aliphatic carboxylic acids is 1. The van der Waals surface area contributed by atoms with Crippen LogP contribution in [0.15, 0.2) is 24.3 Å². The zero-order valence-electron chi connectivity index (χ0n) is 12.3. The fourth-order valence-electron chi connectivity index (χ4n) is 1.87. The molecule has 0 bridgehead atoms. The van der Waals surface area contributed by atoms with Gasteiger partial charge in [0.15, 0.2) is 0 Å². The van der Waals surface area contributed by atoms with Crippen molar-refractivity contribution in [1.82, 2.24) is 4.90 Å². The Balaban J connectivity index is 2.87. The molecule has 0 saturated carbocycles. The number of carbonyl (C=O) groups is 1. The van der Waals surface area contributed by atoms with Crippen LogP contribution >= 0.6 is 0 Å². The first kappa shape index (κ1) is 15.5. The summed E-state index contributed by atoms with van der Waals surface area (Å²) >= 11 is 0. The highest BCUT2D eigenvalue weighted by atomic mass is 16.5. The van der Waals surface area contributed by atoms with Gasteiger partial charge in [0.05, 0.1) is 6.61 Å². The number of rotatable bonds is 6. The normalized spacial score (nSPS) is 13.4. The summed E-state index contributed by atoms with van der Waals surface area (Å²) in [6.45, 7) is 8.00. The minimum Gasteiger partial charge on any atom is -0.494 e. The lowest BCUT2D eigenvalue weighted by Crippen LogP contribution is -2.48. The predicted octanol–water partition coefficient (Wildman–Crippen LogP) is 2.94. The molecule has 19 heavy (non-hydrogen) atoms. The van der Waals surface area contributed by atoms with E-state index in [0.717, 1.165) is 11.3 Å². The summed E-state index contributed by atoms with van der Waals surface area (Å²) in [5, 5.41) is 9.26. The van der Waals surface area contributed by atoms with E-state index in [2.05, 4.69) is 0 Å². The summed E-state index contributed by atoms with van der Waals surface area (Å²) in [5.41, 5.74) is 0.165. The molecule has 0 aromatic heterocycles. The first-order chi connectivity index (χ1) is 8.80. The van der Waals surface area contributed by atoms with Crippen LogP contribution in [-0.2, 0) is 4.79 Å². The molecule has 4 nitrogen and oxygen atoms in total. The summed E-state index contributed by atoms with van der Waals surface area (Å²) in [6.07, 6.45) is 0. The highest BCUT2D eigenvalue weighted by molar-refractivity contribution is 5.77. The van der Waals surface area contributed by atoms with E-state index in [1.807, 2.05) is 50.1 Å². The minimum atomic E-state index is -0.905. The molecule has 0 saturated heterocycles. The van der Waals surface area contributed by atoms with Crippen molar-refractivity contribution in [1.29, 1.82) is 0 Å². The Labute approximate surface area is 115 Å². The average molecular weight is 265 g/mol. The largest absolute Gasteiger partial charge is 0.494 e. The molecule has 1 unspecified atom stereocenters. The van der Waals surface area contributed by atoms with Gasteiger partial charge >= 0.3 is 5.97 Å².